The molecule has 1 atom stereocenters. The van der Waals surface area contributed by atoms with Gasteiger partial charge in [-0.3, -0.25) is 0 Å². The first kappa shape index (κ1) is 12.2. The second-order valence-corrected chi connectivity index (χ2v) is 4.22. The van der Waals surface area contributed by atoms with Crippen LogP contribution in [0.4, 0.5) is 0 Å². The van der Waals surface area contributed by atoms with Crippen LogP contribution >= 0.6 is 0 Å². The maximum atomic E-state index is 9.13. The average Bonchev–Trinajstić information content (AvgIpc) is 2.25. The number of benzene rings is 1. The van der Waals surface area contributed by atoms with Crippen LogP contribution in [-0.2, 0) is 6.42 Å². The van der Waals surface area contributed by atoms with Gasteiger partial charge in [-0.2, -0.15) is 0 Å². The molecule has 0 fully saturated rings. The second kappa shape index (κ2) is 6.59. The Bertz CT molecular complexity index is 258. The Morgan fingerprint density at radius 1 is 1.20 bits per heavy atom. The van der Waals surface area contributed by atoms with E-state index in [0.717, 1.165) is 13.0 Å². The van der Waals surface area contributed by atoms with Gasteiger partial charge in [0.05, 0.1) is 6.61 Å². The van der Waals surface area contributed by atoms with E-state index in [2.05, 4.69) is 43.4 Å². The normalized spacial score (nSPS) is 13.1. The molecule has 0 bridgehead atoms. The zero-order valence-corrected chi connectivity index (χ0v) is 9.61. The van der Waals surface area contributed by atoms with Crippen LogP contribution in [0.25, 0.3) is 0 Å². The molecule has 1 aromatic carbocycles. The van der Waals surface area contributed by atoms with Gasteiger partial charge in [0.15, 0.2) is 0 Å². The largest absolute Gasteiger partial charge is 0.395 e. The number of rotatable bonds is 6. The van der Waals surface area contributed by atoms with Crippen molar-refractivity contribution >= 4 is 0 Å². The van der Waals surface area contributed by atoms with Crippen LogP contribution in [0.3, 0.4) is 0 Å². The van der Waals surface area contributed by atoms with Crippen LogP contribution in [0.2, 0.25) is 0 Å². The quantitative estimate of drug-likeness (QED) is 0.746. The summed E-state index contributed by atoms with van der Waals surface area (Å²) in [6.45, 7) is 5.38. The van der Waals surface area contributed by atoms with Crippen molar-refractivity contribution in [1.29, 1.82) is 0 Å². The first-order chi connectivity index (χ1) is 7.24. The molecule has 84 valence electrons. The Hall–Kier alpha value is -0.860. The molecule has 1 unspecified atom stereocenters. The lowest BCUT2D eigenvalue weighted by molar-refractivity contribution is 0.212. The molecule has 0 saturated heterocycles. The minimum Gasteiger partial charge on any atom is -0.395 e. The van der Waals surface area contributed by atoms with Crippen LogP contribution in [0.15, 0.2) is 30.3 Å². The Kier molecular flexibility index (Phi) is 5.37. The number of hydrogen-bond acceptors (Lipinski definition) is 2. The summed E-state index contributed by atoms with van der Waals surface area (Å²) in [5, 5.41) is 12.5. The molecular formula is C13H21NO. The van der Waals surface area contributed by atoms with Crippen molar-refractivity contribution in [3.63, 3.8) is 0 Å². The summed E-state index contributed by atoms with van der Waals surface area (Å²) in [6, 6.07) is 10.6. The lowest BCUT2D eigenvalue weighted by Gasteiger charge is -2.19. The third-order valence-electron chi connectivity index (χ3n) is 2.66. The van der Waals surface area contributed by atoms with Gasteiger partial charge in [0, 0.05) is 6.04 Å². The third-order valence-corrected chi connectivity index (χ3v) is 2.66. The average molecular weight is 207 g/mol. The predicted molar refractivity (Wildman–Crippen MR) is 63.9 cm³/mol. The van der Waals surface area contributed by atoms with Crippen molar-refractivity contribution in [3.8, 4) is 0 Å². The van der Waals surface area contributed by atoms with E-state index in [-0.39, 0.29) is 12.6 Å². The molecule has 2 heteroatoms. The molecular weight excluding hydrogens is 186 g/mol. The van der Waals surface area contributed by atoms with Crippen molar-refractivity contribution in [2.45, 2.75) is 26.3 Å². The summed E-state index contributed by atoms with van der Waals surface area (Å²) in [4.78, 5) is 0. The van der Waals surface area contributed by atoms with Crippen molar-refractivity contribution in [3.05, 3.63) is 35.9 Å². The Morgan fingerprint density at radius 3 is 2.40 bits per heavy atom. The minimum atomic E-state index is 0.215. The number of hydrogen-bond donors (Lipinski definition) is 2. The molecule has 0 aromatic heterocycles. The monoisotopic (exact) mass is 207 g/mol. The summed E-state index contributed by atoms with van der Waals surface area (Å²) in [6.07, 6.45) is 1.02. The van der Waals surface area contributed by atoms with Gasteiger partial charge < -0.3 is 10.4 Å². The molecule has 0 aliphatic heterocycles. The third kappa shape index (κ3) is 4.45. The van der Waals surface area contributed by atoms with Crippen molar-refractivity contribution in [2.24, 2.45) is 5.92 Å². The van der Waals surface area contributed by atoms with Gasteiger partial charge in [-0.25, -0.2) is 0 Å². The molecule has 0 saturated carbocycles. The SMILES string of the molecule is CC(C)C(CO)NCCc1ccccc1. The highest BCUT2D eigenvalue weighted by Crippen LogP contribution is 2.02. The van der Waals surface area contributed by atoms with Gasteiger partial charge in [0.2, 0.25) is 0 Å². The predicted octanol–water partition coefficient (Wildman–Crippen LogP) is 1.84. The lowest BCUT2D eigenvalue weighted by Crippen LogP contribution is -2.38. The first-order valence-corrected chi connectivity index (χ1v) is 5.62. The van der Waals surface area contributed by atoms with Crippen molar-refractivity contribution in [1.82, 2.24) is 5.32 Å². The van der Waals surface area contributed by atoms with Crippen LogP contribution in [0.1, 0.15) is 19.4 Å². The van der Waals surface area contributed by atoms with E-state index < -0.39 is 0 Å². The fourth-order valence-electron chi connectivity index (χ4n) is 1.56. The zero-order chi connectivity index (χ0) is 11.1. The zero-order valence-electron chi connectivity index (χ0n) is 9.61. The van der Waals surface area contributed by atoms with Crippen LogP contribution in [0.5, 0.6) is 0 Å². The van der Waals surface area contributed by atoms with E-state index in [4.69, 9.17) is 5.11 Å². The second-order valence-electron chi connectivity index (χ2n) is 4.22. The maximum Gasteiger partial charge on any atom is 0.0587 e. The van der Waals surface area contributed by atoms with E-state index >= 15 is 0 Å². The fraction of sp³-hybridized carbons (Fsp3) is 0.538. The Labute approximate surface area is 92.3 Å². The molecule has 0 heterocycles. The fourth-order valence-corrected chi connectivity index (χ4v) is 1.56. The van der Waals surface area contributed by atoms with E-state index in [1.807, 2.05) is 6.07 Å². The van der Waals surface area contributed by atoms with Crippen molar-refractivity contribution in [2.75, 3.05) is 13.2 Å². The summed E-state index contributed by atoms with van der Waals surface area (Å²) < 4.78 is 0. The summed E-state index contributed by atoms with van der Waals surface area (Å²) in [5.41, 5.74) is 1.34. The molecule has 1 aromatic rings. The molecule has 1 rings (SSSR count). The molecule has 0 radical (unpaired) electrons. The van der Waals surface area contributed by atoms with Gasteiger partial charge in [-0.1, -0.05) is 44.2 Å². The van der Waals surface area contributed by atoms with Crippen LogP contribution < -0.4 is 5.32 Å². The van der Waals surface area contributed by atoms with E-state index in [9.17, 15) is 0 Å². The minimum absolute atomic E-state index is 0.215. The van der Waals surface area contributed by atoms with Gasteiger partial charge in [0.1, 0.15) is 0 Å². The van der Waals surface area contributed by atoms with E-state index in [1.54, 1.807) is 0 Å². The van der Waals surface area contributed by atoms with E-state index in [1.165, 1.54) is 5.56 Å². The standard InChI is InChI=1S/C13H21NO/c1-11(2)13(10-15)14-9-8-12-6-4-3-5-7-12/h3-7,11,13-15H,8-10H2,1-2H3. The Morgan fingerprint density at radius 2 is 1.87 bits per heavy atom. The number of aliphatic hydroxyl groups excluding tert-OH is 1. The summed E-state index contributed by atoms with van der Waals surface area (Å²) >= 11 is 0. The van der Waals surface area contributed by atoms with Gasteiger partial charge in [0.25, 0.3) is 0 Å². The Balaban J connectivity index is 2.27. The highest BCUT2D eigenvalue weighted by atomic mass is 16.3. The summed E-state index contributed by atoms with van der Waals surface area (Å²) in [7, 11) is 0. The topological polar surface area (TPSA) is 32.3 Å². The molecule has 0 aliphatic carbocycles. The smallest absolute Gasteiger partial charge is 0.0587 e. The molecule has 2 N–H and O–H groups in total. The molecule has 0 aliphatic rings. The molecule has 2 nitrogen and oxygen atoms in total. The van der Waals surface area contributed by atoms with E-state index in [0.29, 0.717) is 5.92 Å². The maximum absolute atomic E-state index is 9.13. The molecule has 0 spiro atoms. The molecule has 0 amide bonds. The summed E-state index contributed by atoms with van der Waals surface area (Å²) in [5.74, 6) is 0.478. The highest BCUT2D eigenvalue weighted by molar-refractivity contribution is 5.14. The number of aliphatic hydroxyl groups is 1. The highest BCUT2D eigenvalue weighted by Gasteiger charge is 2.10. The lowest BCUT2D eigenvalue weighted by atomic mass is 10.1. The van der Waals surface area contributed by atoms with Gasteiger partial charge in [-0.05, 0) is 24.4 Å². The van der Waals surface area contributed by atoms with Crippen molar-refractivity contribution < 1.29 is 5.11 Å². The van der Waals surface area contributed by atoms with Gasteiger partial charge >= 0.3 is 0 Å². The van der Waals surface area contributed by atoms with Crippen LogP contribution in [0, 0.1) is 5.92 Å². The first-order valence-electron chi connectivity index (χ1n) is 5.62. The van der Waals surface area contributed by atoms with Crippen LogP contribution in [-0.4, -0.2) is 24.3 Å². The molecule has 15 heavy (non-hydrogen) atoms. The number of nitrogens with one attached hydrogen (secondary N) is 1. The van der Waals surface area contributed by atoms with Gasteiger partial charge in [-0.15, -0.1) is 0 Å².